The van der Waals surface area contributed by atoms with Gasteiger partial charge in [0.25, 0.3) is 0 Å². The van der Waals surface area contributed by atoms with Crippen LogP contribution in [-0.4, -0.2) is 17.1 Å². The first-order chi connectivity index (χ1) is 4.20. The zero-order valence-electron chi connectivity index (χ0n) is 5.62. The van der Waals surface area contributed by atoms with E-state index in [0.717, 1.165) is 12.8 Å². The van der Waals surface area contributed by atoms with Gasteiger partial charge in [-0.25, -0.2) is 0 Å². The monoisotopic (exact) mass is 165 g/mol. The quantitative estimate of drug-likeness (QED) is 0.599. The van der Waals surface area contributed by atoms with Crippen molar-refractivity contribution in [2.75, 3.05) is 0 Å². The van der Waals surface area contributed by atoms with Crippen LogP contribution in [0.3, 0.4) is 0 Å². The molecule has 60 valence electrons. The lowest BCUT2D eigenvalue weighted by atomic mass is 10.1. The number of carboxylic acids is 1. The molecule has 1 saturated carbocycles. The Bertz CT molecular complexity index is 129. The number of halogens is 1. The molecule has 0 saturated heterocycles. The van der Waals surface area contributed by atoms with Crippen molar-refractivity contribution < 1.29 is 9.90 Å². The first kappa shape index (κ1) is 9.72. The maximum Gasteiger partial charge on any atom is 0.306 e. The Labute approximate surface area is 66.0 Å². The van der Waals surface area contributed by atoms with E-state index in [2.05, 4.69) is 0 Å². The first-order valence-corrected chi connectivity index (χ1v) is 3.18. The van der Waals surface area contributed by atoms with Crippen LogP contribution in [0.25, 0.3) is 0 Å². The van der Waals surface area contributed by atoms with Crippen molar-refractivity contribution >= 4 is 18.4 Å². The summed E-state index contributed by atoms with van der Waals surface area (Å²) in [6, 6.07) is 0.131. The summed E-state index contributed by atoms with van der Waals surface area (Å²) in [5.74, 6) is -0.858. The molecule has 0 heterocycles. The largest absolute Gasteiger partial charge is 0.481 e. The summed E-state index contributed by atoms with van der Waals surface area (Å²) in [5.41, 5.74) is 5.50. The van der Waals surface area contributed by atoms with Crippen LogP contribution in [0, 0.1) is 5.92 Å². The van der Waals surface area contributed by atoms with Crippen LogP contribution < -0.4 is 5.73 Å². The number of rotatable bonds is 1. The molecule has 0 radical (unpaired) electrons. The number of aliphatic carboxylic acids is 1. The van der Waals surface area contributed by atoms with Gasteiger partial charge in [-0.2, -0.15) is 0 Å². The number of hydrogen-bond donors (Lipinski definition) is 2. The standard InChI is InChI=1S/C6H11NO2.ClH/c7-5-2-1-4(3-5)6(8)9;/h4-5H,1-3,7H2,(H,8,9);1H/t4?,5-;/m0./s1. The van der Waals surface area contributed by atoms with Crippen LogP contribution in [-0.2, 0) is 4.79 Å². The van der Waals surface area contributed by atoms with E-state index in [0.29, 0.717) is 6.42 Å². The smallest absolute Gasteiger partial charge is 0.306 e. The van der Waals surface area contributed by atoms with Crippen LogP contribution in [0.1, 0.15) is 19.3 Å². The summed E-state index contributed by atoms with van der Waals surface area (Å²) < 4.78 is 0. The molecule has 4 heteroatoms. The maximum atomic E-state index is 10.3. The van der Waals surface area contributed by atoms with Crippen LogP contribution in [0.5, 0.6) is 0 Å². The molecule has 0 spiro atoms. The molecule has 3 nitrogen and oxygen atoms in total. The normalized spacial score (nSPS) is 31.3. The van der Waals surface area contributed by atoms with Crippen LogP contribution >= 0.6 is 12.4 Å². The lowest BCUT2D eigenvalue weighted by molar-refractivity contribution is -0.141. The fourth-order valence-corrected chi connectivity index (χ4v) is 1.24. The van der Waals surface area contributed by atoms with E-state index >= 15 is 0 Å². The lowest BCUT2D eigenvalue weighted by Gasteiger charge is -1.99. The van der Waals surface area contributed by atoms with E-state index < -0.39 is 5.97 Å². The van der Waals surface area contributed by atoms with Crippen molar-refractivity contribution in [1.82, 2.24) is 0 Å². The highest BCUT2D eigenvalue weighted by Crippen LogP contribution is 2.23. The summed E-state index contributed by atoms with van der Waals surface area (Å²) in [6.07, 6.45) is 2.29. The molecule has 1 fully saturated rings. The van der Waals surface area contributed by atoms with Gasteiger partial charge < -0.3 is 10.8 Å². The van der Waals surface area contributed by atoms with Gasteiger partial charge >= 0.3 is 5.97 Å². The molecule has 1 unspecified atom stereocenters. The molecule has 0 amide bonds. The van der Waals surface area contributed by atoms with Crippen molar-refractivity contribution in [2.45, 2.75) is 25.3 Å². The molecule has 10 heavy (non-hydrogen) atoms. The molecule has 3 N–H and O–H groups in total. The summed E-state index contributed by atoms with van der Waals surface area (Å²) in [7, 11) is 0. The van der Waals surface area contributed by atoms with E-state index in [1.54, 1.807) is 0 Å². The van der Waals surface area contributed by atoms with Crippen LogP contribution in [0.15, 0.2) is 0 Å². The molecule has 0 aliphatic heterocycles. The average Bonchev–Trinajstić information content (AvgIpc) is 2.14. The second-order valence-electron chi connectivity index (χ2n) is 2.61. The van der Waals surface area contributed by atoms with Crippen molar-refractivity contribution in [3.8, 4) is 0 Å². The van der Waals surface area contributed by atoms with Crippen LogP contribution in [0.2, 0.25) is 0 Å². The third-order valence-electron chi connectivity index (χ3n) is 1.82. The van der Waals surface area contributed by atoms with Gasteiger partial charge in [-0.1, -0.05) is 0 Å². The predicted molar refractivity (Wildman–Crippen MR) is 40.2 cm³/mol. The van der Waals surface area contributed by atoms with Gasteiger partial charge in [0, 0.05) is 6.04 Å². The molecule has 0 aromatic rings. The number of nitrogens with two attached hydrogens (primary N) is 1. The molecule has 1 aliphatic carbocycles. The van der Waals surface area contributed by atoms with Gasteiger partial charge in [0.1, 0.15) is 0 Å². The second-order valence-corrected chi connectivity index (χ2v) is 2.61. The first-order valence-electron chi connectivity index (χ1n) is 3.18. The van der Waals surface area contributed by atoms with Crippen LogP contribution in [0.4, 0.5) is 0 Å². The molecular formula is C6H12ClNO2. The fourth-order valence-electron chi connectivity index (χ4n) is 1.24. The number of carbonyl (C=O) groups is 1. The molecule has 1 aliphatic rings. The highest BCUT2D eigenvalue weighted by molar-refractivity contribution is 5.85. The Balaban J connectivity index is 0.000000810. The van der Waals surface area contributed by atoms with Gasteiger partial charge in [-0.05, 0) is 19.3 Å². The highest BCUT2D eigenvalue weighted by atomic mass is 35.5. The molecule has 2 atom stereocenters. The fraction of sp³-hybridized carbons (Fsp3) is 0.833. The minimum atomic E-state index is -0.692. The Morgan fingerprint density at radius 2 is 2.10 bits per heavy atom. The van der Waals surface area contributed by atoms with Crippen molar-refractivity contribution in [1.29, 1.82) is 0 Å². The Morgan fingerprint density at radius 3 is 2.30 bits per heavy atom. The minimum absolute atomic E-state index is 0. The zero-order valence-corrected chi connectivity index (χ0v) is 6.43. The van der Waals surface area contributed by atoms with E-state index in [-0.39, 0.29) is 24.4 Å². The lowest BCUT2D eigenvalue weighted by Crippen LogP contribution is -2.17. The summed E-state index contributed by atoms with van der Waals surface area (Å²) >= 11 is 0. The summed E-state index contributed by atoms with van der Waals surface area (Å²) in [6.45, 7) is 0. The van der Waals surface area contributed by atoms with Crippen molar-refractivity contribution in [3.05, 3.63) is 0 Å². The SMILES string of the molecule is Cl.N[C@H]1CCC(C(=O)O)C1. The second kappa shape index (κ2) is 3.78. The van der Waals surface area contributed by atoms with Gasteiger partial charge in [-0.15, -0.1) is 12.4 Å². The predicted octanol–water partition coefficient (Wildman–Crippen LogP) is 0.620. The zero-order chi connectivity index (χ0) is 6.85. The molecular weight excluding hydrogens is 154 g/mol. The van der Waals surface area contributed by atoms with E-state index in [4.69, 9.17) is 10.8 Å². The van der Waals surface area contributed by atoms with E-state index in [1.165, 1.54) is 0 Å². The highest BCUT2D eigenvalue weighted by Gasteiger charge is 2.26. The molecule has 0 aromatic heterocycles. The summed E-state index contributed by atoms with van der Waals surface area (Å²) in [5, 5.41) is 8.48. The Hall–Kier alpha value is -0.280. The van der Waals surface area contributed by atoms with E-state index in [1.807, 2.05) is 0 Å². The molecule has 0 aromatic carbocycles. The third kappa shape index (κ3) is 2.15. The van der Waals surface area contributed by atoms with Gasteiger partial charge in [0.2, 0.25) is 0 Å². The minimum Gasteiger partial charge on any atom is -0.481 e. The maximum absolute atomic E-state index is 10.3. The summed E-state index contributed by atoms with van der Waals surface area (Å²) in [4.78, 5) is 10.3. The Morgan fingerprint density at radius 1 is 1.50 bits per heavy atom. The van der Waals surface area contributed by atoms with Crippen molar-refractivity contribution in [3.63, 3.8) is 0 Å². The van der Waals surface area contributed by atoms with Gasteiger partial charge in [0.15, 0.2) is 0 Å². The molecule has 1 rings (SSSR count). The number of carboxylic acid groups (broad SMARTS) is 1. The molecule has 0 bridgehead atoms. The van der Waals surface area contributed by atoms with E-state index in [9.17, 15) is 4.79 Å². The average molecular weight is 166 g/mol. The Kier molecular flexibility index (Phi) is 3.68. The number of hydrogen-bond acceptors (Lipinski definition) is 2. The van der Waals surface area contributed by atoms with Gasteiger partial charge in [-0.3, -0.25) is 4.79 Å². The van der Waals surface area contributed by atoms with Crippen molar-refractivity contribution in [2.24, 2.45) is 11.7 Å². The van der Waals surface area contributed by atoms with Gasteiger partial charge in [0.05, 0.1) is 5.92 Å². The topological polar surface area (TPSA) is 63.3 Å². The third-order valence-corrected chi connectivity index (χ3v) is 1.82.